The second-order valence-corrected chi connectivity index (χ2v) is 4.50. The van der Waals surface area contributed by atoms with E-state index in [9.17, 15) is 9.90 Å². The van der Waals surface area contributed by atoms with Crippen molar-refractivity contribution in [3.05, 3.63) is 54.4 Å². The molecule has 0 bridgehead atoms. The number of phenolic OH excluding ortho intramolecular Hbond substituents is 1. The summed E-state index contributed by atoms with van der Waals surface area (Å²) in [6.45, 7) is 2.48. The zero-order chi connectivity index (χ0) is 15.8. The molecule has 0 aliphatic heterocycles. The van der Waals surface area contributed by atoms with E-state index in [1.165, 1.54) is 12.3 Å². The zero-order valence-corrected chi connectivity index (χ0v) is 12.3. The fraction of sp³-hybridized carbons (Fsp3) is 0.188. The lowest BCUT2D eigenvalue weighted by atomic mass is 10.2. The Morgan fingerprint density at radius 1 is 1.36 bits per heavy atom. The molecule has 6 heteroatoms. The molecule has 1 heterocycles. The van der Waals surface area contributed by atoms with Crippen LogP contribution in [0.5, 0.6) is 11.5 Å². The molecule has 0 aliphatic carbocycles. The Hall–Kier alpha value is -2.89. The quantitative estimate of drug-likeness (QED) is 0.479. The van der Waals surface area contributed by atoms with Crippen molar-refractivity contribution in [2.45, 2.75) is 13.5 Å². The molecule has 0 spiro atoms. The van der Waals surface area contributed by atoms with Gasteiger partial charge in [-0.3, -0.25) is 4.79 Å². The molecule has 0 fully saturated rings. The molecule has 2 aromatic rings. The lowest BCUT2D eigenvalue weighted by Crippen LogP contribution is -2.40. The average Bonchev–Trinajstić information content (AvgIpc) is 2.51. The Morgan fingerprint density at radius 2 is 2.14 bits per heavy atom. The van der Waals surface area contributed by atoms with Gasteiger partial charge in [0.1, 0.15) is 0 Å². The van der Waals surface area contributed by atoms with Crippen molar-refractivity contribution in [3.8, 4) is 11.5 Å². The van der Waals surface area contributed by atoms with Crippen molar-refractivity contribution in [2.24, 2.45) is 5.10 Å². The molecule has 1 amide bonds. The van der Waals surface area contributed by atoms with Crippen LogP contribution in [-0.4, -0.2) is 23.8 Å². The van der Waals surface area contributed by atoms with E-state index < -0.39 is 0 Å². The first-order chi connectivity index (χ1) is 10.7. The number of nitrogens with zero attached hydrogens (tertiary/aromatic N) is 2. The van der Waals surface area contributed by atoms with Crippen LogP contribution in [0.1, 0.15) is 12.5 Å². The molecular weight excluding hydrogens is 282 g/mol. The monoisotopic (exact) mass is 300 g/mol. The van der Waals surface area contributed by atoms with E-state index >= 15 is 0 Å². The minimum absolute atomic E-state index is 0.0727. The molecule has 6 nitrogen and oxygen atoms in total. The average molecular weight is 300 g/mol. The predicted molar refractivity (Wildman–Crippen MR) is 81.6 cm³/mol. The number of hydrogen-bond donors (Lipinski definition) is 2. The number of phenols is 1. The van der Waals surface area contributed by atoms with E-state index in [1.807, 2.05) is 25.1 Å². The van der Waals surface area contributed by atoms with Gasteiger partial charge in [0.2, 0.25) is 6.54 Å². The number of hydrazone groups is 1. The number of rotatable bonds is 6. The molecule has 0 aliphatic rings. The predicted octanol–water partition coefficient (Wildman–Crippen LogP) is 1.23. The maximum absolute atomic E-state index is 11.7. The molecule has 0 atom stereocenters. The van der Waals surface area contributed by atoms with Gasteiger partial charge in [0, 0.05) is 12.1 Å². The third-order valence-electron chi connectivity index (χ3n) is 2.79. The van der Waals surface area contributed by atoms with Crippen LogP contribution < -0.4 is 14.7 Å². The summed E-state index contributed by atoms with van der Waals surface area (Å²) in [6.07, 6.45) is 5.10. The van der Waals surface area contributed by atoms with E-state index in [-0.39, 0.29) is 18.2 Å². The summed E-state index contributed by atoms with van der Waals surface area (Å²) in [6, 6.07) is 10.4. The van der Waals surface area contributed by atoms with Gasteiger partial charge in [-0.25, -0.2) is 5.43 Å². The molecule has 2 N–H and O–H groups in total. The van der Waals surface area contributed by atoms with Gasteiger partial charge in [0.15, 0.2) is 23.9 Å². The topological polar surface area (TPSA) is 74.8 Å². The molecule has 114 valence electrons. The van der Waals surface area contributed by atoms with Gasteiger partial charge in [-0.1, -0.05) is 6.07 Å². The summed E-state index contributed by atoms with van der Waals surface area (Å²) in [7, 11) is 0. The highest BCUT2D eigenvalue weighted by atomic mass is 16.5. The van der Waals surface area contributed by atoms with Crippen LogP contribution in [0, 0.1) is 0 Å². The van der Waals surface area contributed by atoms with Crippen LogP contribution in [-0.2, 0) is 11.3 Å². The van der Waals surface area contributed by atoms with Crippen LogP contribution in [0.15, 0.2) is 53.9 Å². The lowest BCUT2D eigenvalue weighted by Gasteiger charge is -2.05. The number of aromatic hydroxyl groups is 1. The summed E-state index contributed by atoms with van der Waals surface area (Å²) in [5.41, 5.74) is 3.17. The van der Waals surface area contributed by atoms with Crippen LogP contribution in [0.2, 0.25) is 0 Å². The number of amides is 1. The number of carbonyl (C=O) groups excluding carboxylic acids is 1. The number of benzene rings is 1. The van der Waals surface area contributed by atoms with Crippen LogP contribution in [0.25, 0.3) is 0 Å². The van der Waals surface area contributed by atoms with Crippen molar-refractivity contribution >= 4 is 12.1 Å². The van der Waals surface area contributed by atoms with E-state index in [0.29, 0.717) is 17.9 Å². The first-order valence-corrected chi connectivity index (χ1v) is 6.91. The van der Waals surface area contributed by atoms with Crippen molar-refractivity contribution in [1.82, 2.24) is 5.43 Å². The summed E-state index contributed by atoms with van der Waals surface area (Å²) >= 11 is 0. The molecular formula is C16H18N3O3+. The molecule has 0 radical (unpaired) electrons. The number of hydrogen-bond acceptors (Lipinski definition) is 4. The van der Waals surface area contributed by atoms with Crippen molar-refractivity contribution in [3.63, 3.8) is 0 Å². The Bertz CT molecular complexity index is 657. The first kappa shape index (κ1) is 15.5. The molecule has 1 aromatic carbocycles. The van der Waals surface area contributed by atoms with Gasteiger partial charge in [-0.05, 0) is 30.7 Å². The third kappa shape index (κ3) is 4.59. The number of pyridine rings is 1. The third-order valence-corrected chi connectivity index (χ3v) is 2.79. The number of carbonyl (C=O) groups is 1. The molecule has 0 saturated carbocycles. The standard InChI is InChI=1S/C16H17N3O3/c1-2-22-15-10-13(6-7-14(15)20)11-17-18-16(21)12-19-8-4-3-5-9-19/h3-11H,2,12H2,1H3,(H-,17,18,20,21)/p+1. The smallest absolute Gasteiger partial charge is 0.305 e. The Morgan fingerprint density at radius 3 is 2.86 bits per heavy atom. The van der Waals surface area contributed by atoms with Gasteiger partial charge < -0.3 is 9.84 Å². The largest absolute Gasteiger partial charge is 0.504 e. The van der Waals surface area contributed by atoms with Crippen LogP contribution >= 0.6 is 0 Å². The van der Waals surface area contributed by atoms with Gasteiger partial charge in [0.05, 0.1) is 12.8 Å². The van der Waals surface area contributed by atoms with Gasteiger partial charge in [0.25, 0.3) is 0 Å². The Balaban J connectivity index is 1.92. The number of ether oxygens (including phenoxy) is 1. The first-order valence-electron chi connectivity index (χ1n) is 6.91. The fourth-order valence-corrected chi connectivity index (χ4v) is 1.80. The van der Waals surface area contributed by atoms with E-state index in [4.69, 9.17) is 4.74 Å². The number of aromatic nitrogens is 1. The molecule has 2 rings (SSSR count). The SMILES string of the molecule is CCOc1cc(/C=N/NC(=O)C[n+]2ccccc2)ccc1O. The summed E-state index contributed by atoms with van der Waals surface area (Å²) in [5, 5.41) is 13.5. The van der Waals surface area contributed by atoms with E-state index in [2.05, 4.69) is 10.5 Å². The highest BCUT2D eigenvalue weighted by Gasteiger charge is 2.07. The maximum atomic E-state index is 11.7. The zero-order valence-electron chi connectivity index (χ0n) is 12.3. The minimum Gasteiger partial charge on any atom is -0.504 e. The summed E-state index contributed by atoms with van der Waals surface area (Å²) in [4.78, 5) is 11.7. The second kappa shape index (κ2) is 7.78. The normalized spacial score (nSPS) is 10.6. The fourth-order valence-electron chi connectivity index (χ4n) is 1.80. The molecule has 1 aromatic heterocycles. The van der Waals surface area contributed by atoms with Crippen LogP contribution in [0.3, 0.4) is 0 Å². The Labute approximate surface area is 128 Å². The van der Waals surface area contributed by atoms with Crippen LogP contribution in [0.4, 0.5) is 0 Å². The number of nitrogens with one attached hydrogen (secondary N) is 1. The molecule has 0 saturated heterocycles. The second-order valence-electron chi connectivity index (χ2n) is 4.50. The lowest BCUT2D eigenvalue weighted by molar-refractivity contribution is -0.684. The molecule has 22 heavy (non-hydrogen) atoms. The van der Waals surface area contributed by atoms with Gasteiger partial charge in [-0.2, -0.15) is 9.67 Å². The van der Waals surface area contributed by atoms with E-state index in [1.54, 1.807) is 29.1 Å². The van der Waals surface area contributed by atoms with Crippen molar-refractivity contribution < 1.29 is 19.2 Å². The van der Waals surface area contributed by atoms with Crippen molar-refractivity contribution in [1.29, 1.82) is 0 Å². The van der Waals surface area contributed by atoms with Gasteiger partial charge in [-0.15, -0.1) is 0 Å². The molecule has 0 unspecified atom stereocenters. The van der Waals surface area contributed by atoms with Gasteiger partial charge >= 0.3 is 5.91 Å². The maximum Gasteiger partial charge on any atom is 0.305 e. The van der Waals surface area contributed by atoms with Crippen molar-refractivity contribution in [2.75, 3.05) is 6.61 Å². The highest BCUT2D eigenvalue weighted by Crippen LogP contribution is 2.26. The van der Waals surface area contributed by atoms with E-state index in [0.717, 1.165) is 0 Å². The summed E-state index contributed by atoms with van der Waals surface area (Å²) in [5.74, 6) is 0.234. The highest BCUT2D eigenvalue weighted by molar-refractivity contribution is 5.82. The Kier molecular flexibility index (Phi) is 5.48. The summed E-state index contributed by atoms with van der Waals surface area (Å²) < 4.78 is 7.03. The minimum atomic E-state index is -0.226.